The molecule has 0 aliphatic carbocycles. The third-order valence-corrected chi connectivity index (χ3v) is 6.43. The Morgan fingerprint density at radius 3 is 2.46 bits per heavy atom. The molecule has 2 rings (SSSR count). The minimum atomic E-state index is -0.528. The first-order chi connectivity index (χ1) is 12.5. The maximum absolute atomic E-state index is 12.7. The summed E-state index contributed by atoms with van der Waals surface area (Å²) < 4.78 is 8.16. The number of hydrogen-bond acceptors (Lipinski definition) is 4. The molecule has 7 heteroatoms. The predicted octanol–water partition coefficient (Wildman–Crippen LogP) is 6.43. The minimum absolute atomic E-state index is 0.391. The standard InChI is InChI=1S/C19H19Br2NO2S2/c1-3-22(4-2)19(25)26-18(13-8-7-9-14(20)12-13)24-17(23)15-10-5-6-11-16(15)21/h5-12,18H,3-4H2,1-2H3/t18-/m1/s1. The van der Waals surface area contributed by atoms with Crippen LogP contribution in [-0.2, 0) is 4.74 Å². The molecule has 0 unspecified atom stereocenters. The fraction of sp³-hybridized carbons (Fsp3) is 0.263. The molecule has 3 nitrogen and oxygen atoms in total. The zero-order valence-corrected chi connectivity index (χ0v) is 19.3. The van der Waals surface area contributed by atoms with Crippen molar-refractivity contribution in [2.45, 2.75) is 19.3 Å². The van der Waals surface area contributed by atoms with Crippen LogP contribution < -0.4 is 0 Å². The molecule has 0 bridgehead atoms. The second-order valence-corrected chi connectivity index (χ2v) is 8.79. The molecule has 0 amide bonds. The molecule has 138 valence electrons. The Kier molecular flexibility index (Phi) is 8.60. The molecule has 0 aliphatic rings. The molecule has 2 aromatic carbocycles. The van der Waals surface area contributed by atoms with Gasteiger partial charge in [0, 0.05) is 27.6 Å². The normalized spacial score (nSPS) is 11.7. The highest BCUT2D eigenvalue weighted by Gasteiger charge is 2.23. The van der Waals surface area contributed by atoms with E-state index in [1.54, 1.807) is 6.07 Å². The Morgan fingerprint density at radius 2 is 1.85 bits per heavy atom. The lowest BCUT2D eigenvalue weighted by atomic mass is 10.2. The zero-order valence-electron chi connectivity index (χ0n) is 14.4. The Labute approximate surface area is 180 Å². The molecule has 0 fully saturated rings. The van der Waals surface area contributed by atoms with Gasteiger partial charge in [-0.2, -0.15) is 0 Å². The molecule has 1 atom stereocenters. The summed E-state index contributed by atoms with van der Waals surface area (Å²) in [5.41, 5.74) is 0.835. The van der Waals surface area contributed by atoms with Crippen molar-refractivity contribution in [1.82, 2.24) is 4.90 Å². The molecule has 0 spiro atoms. The lowest BCUT2D eigenvalue weighted by Gasteiger charge is -2.25. The number of nitrogens with zero attached hydrogens (tertiary/aromatic N) is 1. The summed E-state index contributed by atoms with van der Waals surface area (Å²) in [7, 11) is 0. The van der Waals surface area contributed by atoms with Gasteiger partial charge >= 0.3 is 5.97 Å². The third kappa shape index (κ3) is 5.81. The lowest BCUT2D eigenvalue weighted by molar-refractivity contribution is 0.0457. The van der Waals surface area contributed by atoms with Gasteiger partial charge in [-0.05, 0) is 65.8 Å². The van der Waals surface area contributed by atoms with Crippen molar-refractivity contribution in [3.63, 3.8) is 0 Å². The van der Waals surface area contributed by atoms with Gasteiger partial charge < -0.3 is 9.64 Å². The number of benzene rings is 2. The van der Waals surface area contributed by atoms with Gasteiger partial charge in [0.15, 0.2) is 5.44 Å². The van der Waals surface area contributed by atoms with Gasteiger partial charge in [-0.25, -0.2) is 4.79 Å². The molecule has 0 saturated heterocycles. The lowest BCUT2D eigenvalue weighted by Crippen LogP contribution is -2.27. The molecule has 0 N–H and O–H groups in total. The van der Waals surface area contributed by atoms with Crippen LogP contribution in [0.1, 0.15) is 35.2 Å². The number of thioether (sulfide) groups is 1. The van der Waals surface area contributed by atoms with Crippen molar-refractivity contribution in [3.05, 3.63) is 68.6 Å². The summed E-state index contributed by atoms with van der Waals surface area (Å²) in [6, 6.07) is 14.9. The zero-order chi connectivity index (χ0) is 19.1. The van der Waals surface area contributed by atoms with Crippen LogP contribution >= 0.6 is 55.8 Å². The van der Waals surface area contributed by atoms with E-state index in [4.69, 9.17) is 17.0 Å². The second-order valence-electron chi connectivity index (χ2n) is 5.33. The summed E-state index contributed by atoms with van der Waals surface area (Å²) in [6.45, 7) is 5.73. The quantitative estimate of drug-likeness (QED) is 0.251. The Bertz CT molecular complexity index is 782. The van der Waals surface area contributed by atoms with E-state index in [0.717, 1.165) is 23.1 Å². The minimum Gasteiger partial charge on any atom is -0.442 e. The first-order valence-electron chi connectivity index (χ1n) is 8.12. The number of esters is 1. The van der Waals surface area contributed by atoms with E-state index in [2.05, 4.69) is 50.6 Å². The SMILES string of the molecule is CCN(CC)C(=S)S[C@@H](OC(=O)c1ccccc1Br)c1cccc(Br)c1. The van der Waals surface area contributed by atoms with Crippen LogP contribution in [0.4, 0.5) is 0 Å². The van der Waals surface area contributed by atoms with Crippen molar-refractivity contribution in [3.8, 4) is 0 Å². The topological polar surface area (TPSA) is 29.5 Å². The number of ether oxygens (including phenoxy) is 1. The Balaban J connectivity index is 2.27. The summed E-state index contributed by atoms with van der Waals surface area (Å²) in [5.74, 6) is -0.391. The molecular weight excluding hydrogens is 498 g/mol. The molecule has 26 heavy (non-hydrogen) atoms. The average molecular weight is 517 g/mol. The van der Waals surface area contributed by atoms with Gasteiger partial charge in [-0.1, -0.05) is 52.4 Å². The molecule has 2 aromatic rings. The molecule has 0 aliphatic heterocycles. The fourth-order valence-electron chi connectivity index (χ4n) is 2.25. The first kappa shape index (κ1) is 21.4. The monoisotopic (exact) mass is 515 g/mol. The molecular formula is C19H19Br2NO2S2. The van der Waals surface area contributed by atoms with E-state index in [1.807, 2.05) is 42.5 Å². The highest BCUT2D eigenvalue weighted by atomic mass is 79.9. The highest BCUT2D eigenvalue weighted by molar-refractivity contribution is 9.10. The van der Waals surface area contributed by atoms with Gasteiger partial charge in [0.1, 0.15) is 4.32 Å². The van der Waals surface area contributed by atoms with Crippen LogP contribution in [0.5, 0.6) is 0 Å². The van der Waals surface area contributed by atoms with Crippen LogP contribution in [0.3, 0.4) is 0 Å². The van der Waals surface area contributed by atoms with Gasteiger partial charge in [0.2, 0.25) is 0 Å². The molecule has 0 heterocycles. The van der Waals surface area contributed by atoms with Crippen molar-refractivity contribution in [1.29, 1.82) is 0 Å². The van der Waals surface area contributed by atoms with Gasteiger partial charge in [0.05, 0.1) is 5.56 Å². The van der Waals surface area contributed by atoms with Crippen molar-refractivity contribution >= 4 is 66.1 Å². The van der Waals surface area contributed by atoms with Crippen LogP contribution in [0.15, 0.2) is 57.5 Å². The highest BCUT2D eigenvalue weighted by Crippen LogP contribution is 2.35. The Hall–Kier alpha value is -0.890. The summed E-state index contributed by atoms with van der Waals surface area (Å²) in [4.78, 5) is 14.8. The van der Waals surface area contributed by atoms with E-state index in [-0.39, 0.29) is 0 Å². The maximum atomic E-state index is 12.7. The maximum Gasteiger partial charge on any atom is 0.340 e. The number of carbonyl (C=O) groups excluding carboxylic acids is 1. The number of halogens is 2. The number of thiocarbonyl (C=S) groups is 1. The largest absolute Gasteiger partial charge is 0.442 e. The summed E-state index contributed by atoms with van der Waals surface area (Å²) in [6.07, 6.45) is 0. The van der Waals surface area contributed by atoms with Gasteiger partial charge in [-0.3, -0.25) is 0 Å². The number of hydrogen-bond donors (Lipinski definition) is 0. The van der Waals surface area contributed by atoms with Gasteiger partial charge in [-0.15, -0.1) is 0 Å². The molecule has 0 radical (unpaired) electrons. The number of carbonyl (C=O) groups is 1. The van der Waals surface area contributed by atoms with Crippen molar-refractivity contribution in [2.24, 2.45) is 0 Å². The Morgan fingerprint density at radius 1 is 1.15 bits per heavy atom. The second kappa shape index (κ2) is 10.4. The van der Waals surface area contributed by atoms with E-state index >= 15 is 0 Å². The average Bonchev–Trinajstić information content (AvgIpc) is 2.62. The van der Waals surface area contributed by atoms with E-state index < -0.39 is 11.4 Å². The van der Waals surface area contributed by atoms with Gasteiger partial charge in [0.25, 0.3) is 0 Å². The van der Waals surface area contributed by atoms with Crippen molar-refractivity contribution in [2.75, 3.05) is 13.1 Å². The summed E-state index contributed by atoms with van der Waals surface area (Å²) in [5, 5.41) is 0. The predicted molar refractivity (Wildman–Crippen MR) is 120 cm³/mol. The summed E-state index contributed by atoms with van der Waals surface area (Å²) >= 11 is 13.8. The van der Waals surface area contributed by atoms with Crippen LogP contribution in [-0.4, -0.2) is 28.3 Å². The molecule has 0 saturated carbocycles. The van der Waals surface area contributed by atoms with E-state index in [0.29, 0.717) is 14.4 Å². The van der Waals surface area contributed by atoms with E-state index in [9.17, 15) is 4.79 Å². The van der Waals surface area contributed by atoms with E-state index in [1.165, 1.54) is 11.8 Å². The van der Waals surface area contributed by atoms with Crippen LogP contribution in [0.25, 0.3) is 0 Å². The van der Waals surface area contributed by atoms with Crippen LogP contribution in [0.2, 0.25) is 0 Å². The van der Waals surface area contributed by atoms with Crippen LogP contribution in [0, 0.1) is 0 Å². The fourth-order valence-corrected chi connectivity index (χ4v) is 4.64. The third-order valence-electron chi connectivity index (χ3n) is 3.66. The molecule has 0 aromatic heterocycles. The van der Waals surface area contributed by atoms with Crippen molar-refractivity contribution < 1.29 is 9.53 Å². The first-order valence-corrected chi connectivity index (χ1v) is 11.0. The number of rotatable bonds is 6. The smallest absolute Gasteiger partial charge is 0.340 e.